The number of hydrogen-bond donors (Lipinski definition) is 1. The van der Waals surface area contributed by atoms with Crippen molar-refractivity contribution in [1.82, 2.24) is 9.88 Å². The van der Waals surface area contributed by atoms with Crippen molar-refractivity contribution in [1.29, 1.82) is 0 Å². The normalized spacial score (nSPS) is 20.2. The van der Waals surface area contributed by atoms with E-state index in [1.54, 1.807) is 18.2 Å². The van der Waals surface area contributed by atoms with Crippen LogP contribution in [0, 0.1) is 17.7 Å². The van der Waals surface area contributed by atoms with Gasteiger partial charge in [0.2, 0.25) is 0 Å². The summed E-state index contributed by atoms with van der Waals surface area (Å²) in [5, 5.41) is 9.11. The van der Waals surface area contributed by atoms with Gasteiger partial charge in [-0.25, -0.2) is 9.37 Å². The van der Waals surface area contributed by atoms with Gasteiger partial charge < -0.3 is 19.0 Å². The van der Waals surface area contributed by atoms with Gasteiger partial charge in [-0.3, -0.25) is 9.69 Å². The molecule has 0 bridgehead atoms. The summed E-state index contributed by atoms with van der Waals surface area (Å²) in [5.74, 6) is 2.21. The highest BCUT2D eigenvalue weighted by atomic mass is 19.1. The molecular weight excluding hydrogens is 535 g/mol. The molecule has 1 aliphatic carbocycles. The molecule has 42 heavy (non-hydrogen) atoms. The first-order valence-corrected chi connectivity index (χ1v) is 14.9. The van der Waals surface area contributed by atoms with Gasteiger partial charge in [-0.05, 0) is 105 Å². The fourth-order valence-electron chi connectivity index (χ4n) is 6.97. The third-order valence-corrected chi connectivity index (χ3v) is 8.68. The summed E-state index contributed by atoms with van der Waals surface area (Å²) in [7, 11) is 0. The first-order chi connectivity index (χ1) is 20.4. The molecule has 3 aromatic carbocycles. The summed E-state index contributed by atoms with van der Waals surface area (Å²) < 4.78 is 31.9. The Kier molecular flexibility index (Phi) is 8.16. The van der Waals surface area contributed by atoms with E-state index < -0.39 is 5.97 Å². The molecule has 1 saturated heterocycles. The van der Waals surface area contributed by atoms with Gasteiger partial charge in [0.25, 0.3) is 0 Å². The van der Waals surface area contributed by atoms with Crippen molar-refractivity contribution < 1.29 is 28.2 Å². The van der Waals surface area contributed by atoms with Crippen molar-refractivity contribution in [2.75, 3.05) is 19.8 Å². The Hall–Kier alpha value is -3.91. The molecule has 3 atom stereocenters. The summed E-state index contributed by atoms with van der Waals surface area (Å²) in [5.41, 5.74) is 5.04. The number of carboxylic acid groups (broad SMARTS) is 1. The van der Waals surface area contributed by atoms with E-state index in [4.69, 9.17) is 24.0 Å². The summed E-state index contributed by atoms with van der Waals surface area (Å²) in [6, 6.07) is 16.6. The number of likely N-dealkylation sites (tertiary alicyclic amines) is 1. The number of rotatable bonds is 11. The summed E-state index contributed by atoms with van der Waals surface area (Å²) >= 11 is 0. The van der Waals surface area contributed by atoms with Crippen molar-refractivity contribution in [2.45, 2.75) is 58.5 Å². The smallest absolute Gasteiger partial charge is 0.307 e. The van der Waals surface area contributed by atoms with Gasteiger partial charge in [0, 0.05) is 19.0 Å². The average molecular weight is 573 g/mol. The van der Waals surface area contributed by atoms with Crippen molar-refractivity contribution in [3.05, 3.63) is 77.4 Å². The number of benzene rings is 3. The second-order valence-electron chi connectivity index (χ2n) is 11.4. The number of fused-ring (bicyclic) bond motifs is 2. The largest absolute Gasteiger partial charge is 0.493 e. The van der Waals surface area contributed by atoms with Crippen molar-refractivity contribution in [3.63, 3.8) is 0 Å². The lowest BCUT2D eigenvalue weighted by Crippen LogP contribution is -2.30. The van der Waals surface area contributed by atoms with Crippen LogP contribution in [-0.4, -0.2) is 46.8 Å². The molecule has 1 saturated carbocycles. The molecule has 1 aliphatic heterocycles. The highest BCUT2D eigenvalue weighted by Gasteiger charge is 2.44. The number of aliphatic carboxylic acids is 1. The van der Waals surface area contributed by atoms with Crippen LogP contribution >= 0.6 is 0 Å². The van der Waals surface area contributed by atoms with Gasteiger partial charge in [0.15, 0.2) is 11.5 Å². The maximum atomic E-state index is 13.7. The number of oxazole rings is 1. The number of ether oxygens (including phenoxy) is 2. The van der Waals surface area contributed by atoms with Crippen LogP contribution in [-0.2, 0) is 24.2 Å². The van der Waals surface area contributed by atoms with Crippen molar-refractivity contribution in [2.24, 2.45) is 11.8 Å². The Morgan fingerprint density at radius 1 is 1.00 bits per heavy atom. The Morgan fingerprint density at radius 3 is 2.43 bits per heavy atom. The van der Waals surface area contributed by atoms with Crippen LogP contribution in [0.1, 0.15) is 50.1 Å². The van der Waals surface area contributed by atoms with Gasteiger partial charge in [-0.15, -0.1) is 0 Å². The minimum absolute atomic E-state index is 0.0204. The topological polar surface area (TPSA) is 85.0 Å². The quantitative estimate of drug-likeness (QED) is 0.209. The van der Waals surface area contributed by atoms with Gasteiger partial charge in [0.05, 0.1) is 25.2 Å². The zero-order valence-corrected chi connectivity index (χ0v) is 24.1. The number of nitrogens with zero attached hydrogens (tertiary/aromatic N) is 2. The lowest BCUT2D eigenvalue weighted by molar-refractivity contribution is -0.136. The van der Waals surface area contributed by atoms with E-state index in [9.17, 15) is 9.18 Å². The maximum Gasteiger partial charge on any atom is 0.307 e. The first-order valence-electron chi connectivity index (χ1n) is 14.9. The molecule has 2 aliphatic rings. The predicted octanol–water partition coefficient (Wildman–Crippen LogP) is 6.90. The molecule has 0 amide bonds. The van der Waals surface area contributed by atoms with E-state index in [0.29, 0.717) is 36.7 Å². The number of hydrogen-bond acceptors (Lipinski definition) is 6. The lowest BCUT2D eigenvalue weighted by atomic mass is 9.90. The fraction of sp³-hybridized carbons (Fsp3) is 0.412. The molecule has 1 N–H and O–H groups in total. The predicted molar refractivity (Wildman–Crippen MR) is 158 cm³/mol. The minimum Gasteiger partial charge on any atom is -0.493 e. The summed E-state index contributed by atoms with van der Waals surface area (Å²) in [6.45, 7) is 6.83. The maximum absolute atomic E-state index is 13.7. The average Bonchev–Trinajstić information content (AvgIpc) is 3.66. The van der Waals surface area contributed by atoms with E-state index in [0.717, 1.165) is 83.9 Å². The van der Waals surface area contributed by atoms with Crippen LogP contribution < -0.4 is 9.47 Å². The Labute approximate surface area is 245 Å². The Balaban J connectivity index is 1.18. The van der Waals surface area contributed by atoms with E-state index >= 15 is 0 Å². The molecule has 0 spiro atoms. The van der Waals surface area contributed by atoms with Crippen LogP contribution in [0.3, 0.4) is 0 Å². The van der Waals surface area contributed by atoms with Crippen LogP contribution in [0.4, 0.5) is 4.39 Å². The third kappa shape index (κ3) is 5.86. The molecular formula is C34H37FN2O5. The van der Waals surface area contributed by atoms with Gasteiger partial charge in [0.1, 0.15) is 22.8 Å². The molecule has 0 radical (unpaired) electrons. The Morgan fingerprint density at radius 2 is 1.74 bits per heavy atom. The van der Waals surface area contributed by atoms with Crippen LogP contribution in [0.15, 0.2) is 59.0 Å². The number of carboxylic acids is 1. The molecule has 1 unspecified atom stereocenters. The monoisotopic (exact) mass is 572 g/mol. The zero-order valence-electron chi connectivity index (χ0n) is 24.1. The third-order valence-electron chi connectivity index (χ3n) is 8.68. The van der Waals surface area contributed by atoms with Crippen molar-refractivity contribution >= 4 is 17.1 Å². The fourth-order valence-corrected chi connectivity index (χ4v) is 6.97. The van der Waals surface area contributed by atoms with E-state index in [2.05, 4.69) is 17.0 Å². The molecule has 220 valence electrons. The van der Waals surface area contributed by atoms with Gasteiger partial charge in [-0.2, -0.15) is 0 Å². The van der Waals surface area contributed by atoms with Crippen LogP contribution in [0.25, 0.3) is 22.2 Å². The number of halogens is 1. The molecule has 8 heteroatoms. The minimum atomic E-state index is -0.854. The van der Waals surface area contributed by atoms with E-state index in [1.165, 1.54) is 12.1 Å². The molecule has 6 rings (SSSR count). The van der Waals surface area contributed by atoms with Crippen LogP contribution in [0.5, 0.6) is 11.5 Å². The molecule has 2 fully saturated rings. The van der Waals surface area contributed by atoms with Gasteiger partial charge >= 0.3 is 5.97 Å². The Bertz CT molecular complexity index is 1540. The highest BCUT2D eigenvalue weighted by molar-refractivity contribution is 5.78. The zero-order chi connectivity index (χ0) is 29.2. The second kappa shape index (κ2) is 12.1. The van der Waals surface area contributed by atoms with E-state index in [-0.39, 0.29) is 12.2 Å². The number of aromatic nitrogens is 1. The number of carbonyl (C=O) groups is 1. The highest BCUT2D eigenvalue weighted by Crippen LogP contribution is 2.45. The summed E-state index contributed by atoms with van der Waals surface area (Å²) in [6.07, 6.45) is 4.19. The molecule has 1 aromatic heterocycles. The molecule has 4 aromatic rings. The first kappa shape index (κ1) is 28.2. The second-order valence-corrected chi connectivity index (χ2v) is 11.4. The lowest BCUT2D eigenvalue weighted by Gasteiger charge is -2.25. The van der Waals surface area contributed by atoms with Crippen LogP contribution in [0.2, 0.25) is 0 Å². The molecule has 7 nitrogen and oxygen atoms in total. The SMILES string of the molecule is CCOc1cc(CN2CC[C@H]3C(Cc4nc5cc(CC(=O)O)ccc5o4)CC[C@H]32)cc(OCC)c1-c1ccc(F)cc1. The summed E-state index contributed by atoms with van der Waals surface area (Å²) in [4.78, 5) is 18.4. The van der Waals surface area contributed by atoms with Gasteiger partial charge in [-0.1, -0.05) is 18.2 Å². The standard InChI is InChI=1S/C34H37FN2O5/c1-3-40-30-16-22(17-31(41-4-2)34(30)23-6-9-25(35)10-7-23)20-37-14-13-26-24(8-11-28(26)37)19-32-36-27-15-21(18-33(38)39)5-12-29(27)42-32/h5-7,9-10,12,15-17,24,26,28H,3-4,8,11,13-14,18-20H2,1-2H3,(H,38,39)/t24?,26-,28+/m0/s1. The van der Waals surface area contributed by atoms with E-state index in [1.807, 2.05) is 26.0 Å². The molecule has 2 heterocycles. The van der Waals surface area contributed by atoms with Crippen molar-refractivity contribution in [3.8, 4) is 22.6 Å².